The van der Waals surface area contributed by atoms with E-state index in [2.05, 4.69) is 31.2 Å². The van der Waals surface area contributed by atoms with Crippen LogP contribution in [0.25, 0.3) is 16.7 Å². The summed E-state index contributed by atoms with van der Waals surface area (Å²) >= 11 is 0. The zero-order chi connectivity index (χ0) is 25.8. The molecule has 1 aliphatic heterocycles. The topological polar surface area (TPSA) is 83.5 Å². The van der Waals surface area contributed by atoms with Gasteiger partial charge in [0.05, 0.1) is 10.9 Å². The Morgan fingerprint density at radius 2 is 1.78 bits per heavy atom. The lowest BCUT2D eigenvalue weighted by molar-refractivity contribution is 0.0687. The second-order valence-electron chi connectivity index (χ2n) is 10.1. The molecule has 1 saturated heterocycles. The van der Waals surface area contributed by atoms with Gasteiger partial charge >= 0.3 is 0 Å². The van der Waals surface area contributed by atoms with Gasteiger partial charge in [0.25, 0.3) is 11.5 Å². The number of fused-ring (bicyclic) bond motifs is 2. The minimum atomic E-state index is -0.210. The number of nitrogens with one attached hydrogen (secondary N) is 1. The predicted octanol–water partition coefficient (Wildman–Crippen LogP) is 4.80. The SMILES string of the molecule is CCCCCCn1c(=N)c(C(=O)N2CCC(Cc3ccccc3)CC2)cc2c(=O)n3ccccc3nc21. The third kappa shape index (κ3) is 5.22. The van der Waals surface area contributed by atoms with Crippen LogP contribution < -0.4 is 11.0 Å². The third-order valence-corrected chi connectivity index (χ3v) is 7.55. The van der Waals surface area contributed by atoms with Crippen molar-refractivity contribution in [3.8, 4) is 0 Å². The number of amides is 1. The summed E-state index contributed by atoms with van der Waals surface area (Å²) in [5.41, 5.74) is 2.59. The molecule has 0 radical (unpaired) electrons. The van der Waals surface area contributed by atoms with E-state index < -0.39 is 0 Å². The Hall–Kier alpha value is -3.74. The van der Waals surface area contributed by atoms with Gasteiger partial charge in [-0.15, -0.1) is 0 Å². The summed E-state index contributed by atoms with van der Waals surface area (Å²) in [5, 5.41) is 9.38. The van der Waals surface area contributed by atoms with Crippen molar-refractivity contribution in [2.24, 2.45) is 5.92 Å². The van der Waals surface area contributed by atoms with Gasteiger partial charge in [-0.25, -0.2) is 4.98 Å². The Balaban J connectivity index is 1.46. The molecule has 37 heavy (non-hydrogen) atoms. The van der Waals surface area contributed by atoms with E-state index >= 15 is 0 Å². The number of unbranched alkanes of at least 4 members (excludes halogenated alkanes) is 3. The summed E-state index contributed by atoms with van der Waals surface area (Å²) in [7, 11) is 0. The minimum absolute atomic E-state index is 0.146. The second kappa shape index (κ2) is 11.1. The molecular weight excluding hydrogens is 462 g/mol. The number of pyridine rings is 2. The van der Waals surface area contributed by atoms with Crippen molar-refractivity contribution in [1.29, 1.82) is 5.41 Å². The molecule has 0 spiro atoms. The van der Waals surface area contributed by atoms with E-state index in [0.29, 0.717) is 47.8 Å². The van der Waals surface area contributed by atoms with Gasteiger partial charge in [-0.2, -0.15) is 0 Å². The Morgan fingerprint density at radius 1 is 1.03 bits per heavy atom. The average Bonchev–Trinajstić information content (AvgIpc) is 2.93. The van der Waals surface area contributed by atoms with E-state index in [4.69, 9.17) is 10.4 Å². The molecule has 1 N–H and O–H groups in total. The maximum absolute atomic E-state index is 13.7. The molecule has 0 atom stereocenters. The average molecular weight is 498 g/mol. The second-order valence-corrected chi connectivity index (χ2v) is 10.1. The Morgan fingerprint density at radius 3 is 2.54 bits per heavy atom. The van der Waals surface area contributed by atoms with Crippen LogP contribution in [-0.4, -0.2) is 37.8 Å². The lowest BCUT2D eigenvalue weighted by atomic mass is 9.90. The number of aryl methyl sites for hydroxylation is 1. The van der Waals surface area contributed by atoms with E-state index in [-0.39, 0.29) is 17.0 Å². The first-order valence-corrected chi connectivity index (χ1v) is 13.5. The standard InChI is InChI=1S/C30H35N5O2/c1-2-3-4-9-17-35-27(31)24(21-25-28(35)32-26-13-8-10-16-34(26)30(25)37)29(36)33-18-14-23(15-19-33)20-22-11-6-5-7-12-22/h5-8,10-13,16,21,23,31H,2-4,9,14-15,17-20H2,1H3. The van der Waals surface area contributed by atoms with Gasteiger partial charge in [-0.05, 0) is 55.4 Å². The van der Waals surface area contributed by atoms with Crippen molar-refractivity contribution in [3.63, 3.8) is 0 Å². The number of carbonyl (C=O) groups is 1. The van der Waals surface area contributed by atoms with Gasteiger partial charge in [-0.3, -0.25) is 19.4 Å². The van der Waals surface area contributed by atoms with Crippen LogP contribution in [0.5, 0.6) is 0 Å². The van der Waals surface area contributed by atoms with E-state index in [1.807, 2.05) is 17.0 Å². The monoisotopic (exact) mass is 497 g/mol. The summed E-state index contributed by atoms with van der Waals surface area (Å²) in [4.78, 5) is 33.7. The highest BCUT2D eigenvalue weighted by Gasteiger charge is 2.26. The number of hydrogen-bond acceptors (Lipinski definition) is 4. The predicted molar refractivity (Wildman–Crippen MR) is 146 cm³/mol. The summed E-state index contributed by atoms with van der Waals surface area (Å²) in [6, 6.07) is 17.5. The van der Waals surface area contributed by atoms with Gasteiger partial charge in [-0.1, -0.05) is 62.6 Å². The van der Waals surface area contributed by atoms with Crippen LogP contribution in [0.15, 0.2) is 65.6 Å². The van der Waals surface area contributed by atoms with Gasteiger partial charge in [0.2, 0.25) is 0 Å². The number of aromatic nitrogens is 3. The molecule has 0 bridgehead atoms. The van der Waals surface area contributed by atoms with Crippen LogP contribution >= 0.6 is 0 Å². The van der Waals surface area contributed by atoms with Gasteiger partial charge in [0.1, 0.15) is 16.8 Å². The van der Waals surface area contributed by atoms with Gasteiger partial charge in [0, 0.05) is 25.8 Å². The molecule has 0 unspecified atom stereocenters. The summed E-state index contributed by atoms with van der Waals surface area (Å²) in [6.45, 7) is 4.05. The number of benzene rings is 1. The van der Waals surface area contributed by atoms with Crippen molar-refractivity contribution >= 4 is 22.6 Å². The molecule has 1 fully saturated rings. The van der Waals surface area contributed by atoms with Crippen molar-refractivity contribution in [2.45, 2.75) is 58.4 Å². The highest BCUT2D eigenvalue weighted by Crippen LogP contribution is 2.23. The summed E-state index contributed by atoms with van der Waals surface area (Å²) in [5.74, 6) is 0.382. The van der Waals surface area contributed by atoms with E-state index in [1.54, 1.807) is 29.0 Å². The lowest BCUT2D eigenvalue weighted by Crippen LogP contribution is -2.42. The van der Waals surface area contributed by atoms with E-state index in [9.17, 15) is 9.59 Å². The zero-order valence-corrected chi connectivity index (χ0v) is 21.5. The Labute approximate surface area is 216 Å². The number of nitrogens with zero attached hydrogens (tertiary/aromatic N) is 4. The first kappa shape index (κ1) is 24.9. The summed E-state index contributed by atoms with van der Waals surface area (Å²) in [6.07, 6.45) is 8.73. The van der Waals surface area contributed by atoms with Crippen LogP contribution in [0, 0.1) is 11.3 Å². The van der Waals surface area contributed by atoms with Crippen molar-refractivity contribution in [1.82, 2.24) is 18.9 Å². The molecule has 1 aliphatic rings. The quantitative estimate of drug-likeness (QED) is 0.280. The molecule has 7 heteroatoms. The number of piperidine rings is 1. The zero-order valence-electron chi connectivity index (χ0n) is 21.5. The first-order chi connectivity index (χ1) is 18.1. The lowest BCUT2D eigenvalue weighted by Gasteiger charge is -2.32. The molecule has 7 nitrogen and oxygen atoms in total. The maximum atomic E-state index is 13.7. The smallest absolute Gasteiger partial charge is 0.267 e. The minimum Gasteiger partial charge on any atom is -0.339 e. The van der Waals surface area contributed by atoms with Crippen molar-refractivity contribution < 1.29 is 4.79 Å². The van der Waals surface area contributed by atoms with Crippen LogP contribution in [0.1, 0.15) is 61.4 Å². The van der Waals surface area contributed by atoms with E-state index in [0.717, 1.165) is 44.9 Å². The number of rotatable bonds is 8. The summed E-state index contributed by atoms with van der Waals surface area (Å²) < 4.78 is 3.28. The Kier molecular flexibility index (Phi) is 7.49. The molecule has 0 saturated carbocycles. The third-order valence-electron chi connectivity index (χ3n) is 7.55. The van der Waals surface area contributed by atoms with Gasteiger partial charge in [0.15, 0.2) is 0 Å². The largest absolute Gasteiger partial charge is 0.339 e. The van der Waals surface area contributed by atoms with Crippen LogP contribution in [-0.2, 0) is 13.0 Å². The normalized spacial score (nSPS) is 14.5. The fraction of sp³-hybridized carbons (Fsp3) is 0.400. The Bertz CT molecular complexity index is 1510. The fourth-order valence-corrected chi connectivity index (χ4v) is 5.42. The molecule has 1 aromatic carbocycles. The molecule has 5 rings (SSSR count). The van der Waals surface area contributed by atoms with Crippen molar-refractivity contribution in [2.75, 3.05) is 13.1 Å². The number of likely N-dealkylation sites (tertiary alicyclic amines) is 1. The first-order valence-electron chi connectivity index (χ1n) is 13.5. The highest BCUT2D eigenvalue weighted by atomic mass is 16.2. The van der Waals surface area contributed by atoms with Crippen molar-refractivity contribution in [3.05, 3.63) is 87.8 Å². The van der Waals surface area contributed by atoms with Crippen LogP contribution in [0.4, 0.5) is 0 Å². The molecule has 1 amide bonds. The molecule has 192 valence electrons. The highest BCUT2D eigenvalue weighted by molar-refractivity contribution is 5.97. The van der Waals surface area contributed by atoms with E-state index in [1.165, 1.54) is 9.96 Å². The number of carbonyl (C=O) groups excluding carboxylic acids is 1. The molecule has 4 aromatic rings. The van der Waals surface area contributed by atoms with Crippen LogP contribution in [0.3, 0.4) is 0 Å². The molecule has 3 aromatic heterocycles. The fourth-order valence-electron chi connectivity index (χ4n) is 5.42. The molecule has 0 aliphatic carbocycles. The van der Waals surface area contributed by atoms with Gasteiger partial charge < -0.3 is 9.47 Å². The molecular formula is C30H35N5O2. The van der Waals surface area contributed by atoms with Crippen LogP contribution in [0.2, 0.25) is 0 Å². The number of hydrogen-bond donors (Lipinski definition) is 1. The molecule has 4 heterocycles. The maximum Gasteiger partial charge on any atom is 0.267 e.